The molecule has 2 aromatic rings. The van der Waals surface area contributed by atoms with Gasteiger partial charge in [-0.25, -0.2) is 0 Å². The molecule has 1 fully saturated rings. The number of carbonyl (C=O) groups excluding carboxylic acids is 2. The Morgan fingerprint density at radius 2 is 1.58 bits per heavy atom. The van der Waals surface area contributed by atoms with Gasteiger partial charge in [0.15, 0.2) is 0 Å². The lowest BCUT2D eigenvalue weighted by Gasteiger charge is -2.37. The number of rotatable bonds is 8. The van der Waals surface area contributed by atoms with Crippen LogP contribution in [0.25, 0.3) is 0 Å². The molecule has 1 aliphatic rings. The number of hydrogen-bond acceptors (Lipinski definition) is 4. The number of nitrogens with one attached hydrogen (secondary N) is 1. The van der Waals surface area contributed by atoms with Crippen molar-refractivity contribution in [3.63, 3.8) is 0 Å². The summed E-state index contributed by atoms with van der Waals surface area (Å²) in [6.07, 6.45) is 0.742. The highest BCUT2D eigenvalue weighted by atomic mass is 16.5. The Morgan fingerprint density at radius 3 is 2.26 bits per heavy atom. The standard InChI is InChI=1S/C25H33N3O3/c1-19(17-24(29)26-20(2)21-9-5-4-6-10-21)18-25(30)28-15-13-27(14-16-28)22-11-7-8-12-23(22)31-3/h4-12,19-20H,13-18H2,1-3H3,(H,26,29). The zero-order valence-corrected chi connectivity index (χ0v) is 18.7. The third kappa shape index (κ3) is 6.23. The van der Waals surface area contributed by atoms with Crippen molar-refractivity contribution in [2.45, 2.75) is 32.7 Å². The van der Waals surface area contributed by atoms with Crippen molar-refractivity contribution in [3.8, 4) is 5.75 Å². The van der Waals surface area contributed by atoms with Gasteiger partial charge in [0.2, 0.25) is 11.8 Å². The summed E-state index contributed by atoms with van der Waals surface area (Å²) in [5, 5.41) is 3.03. The van der Waals surface area contributed by atoms with Crippen LogP contribution in [0, 0.1) is 5.92 Å². The van der Waals surface area contributed by atoms with Gasteiger partial charge in [-0.3, -0.25) is 9.59 Å². The van der Waals surface area contributed by atoms with E-state index in [0.29, 0.717) is 25.9 Å². The monoisotopic (exact) mass is 423 g/mol. The normalized spacial score (nSPS) is 15.8. The summed E-state index contributed by atoms with van der Waals surface area (Å²) >= 11 is 0. The second kappa shape index (κ2) is 10.8. The molecule has 1 aliphatic heterocycles. The van der Waals surface area contributed by atoms with Gasteiger partial charge in [0, 0.05) is 39.0 Å². The van der Waals surface area contributed by atoms with E-state index in [4.69, 9.17) is 4.74 Å². The highest BCUT2D eigenvalue weighted by Crippen LogP contribution is 2.28. The number of amides is 2. The maximum absolute atomic E-state index is 12.8. The fourth-order valence-electron chi connectivity index (χ4n) is 4.03. The minimum absolute atomic E-state index is 0.00252. The second-order valence-electron chi connectivity index (χ2n) is 8.25. The van der Waals surface area contributed by atoms with Gasteiger partial charge in [-0.05, 0) is 30.5 Å². The van der Waals surface area contributed by atoms with Gasteiger partial charge in [-0.15, -0.1) is 0 Å². The van der Waals surface area contributed by atoms with Crippen molar-refractivity contribution < 1.29 is 14.3 Å². The maximum Gasteiger partial charge on any atom is 0.222 e. The van der Waals surface area contributed by atoms with Crippen LogP contribution in [0.4, 0.5) is 5.69 Å². The van der Waals surface area contributed by atoms with Crippen LogP contribution >= 0.6 is 0 Å². The van der Waals surface area contributed by atoms with Gasteiger partial charge in [-0.2, -0.15) is 0 Å². The second-order valence-corrected chi connectivity index (χ2v) is 8.25. The summed E-state index contributed by atoms with van der Waals surface area (Å²) in [4.78, 5) is 29.3. The average molecular weight is 424 g/mol. The van der Waals surface area contributed by atoms with Gasteiger partial charge >= 0.3 is 0 Å². The van der Waals surface area contributed by atoms with Gasteiger partial charge in [-0.1, -0.05) is 49.4 Å². The first-order chi connectivity index (χ1) is 15.0. The maximum atomic E-state index is 12.8. The molecule has 2 aromatic carbocycles. The lowest BCUT2D eigenvalue weighted by atomic mass is 10.0. The zero-order chi connectivity index (χ0) is 22.2. The van der Waals surface area contributed by atoms with Gasteiger partial charge in [0.05, 0.1) is 18.8 Å². The number of para-hydroxylation sites is 2. The Balaban J connectivity index is 1.43. The lowest BCUT2D eigenvalue weighted by molar-refractivity contribution is -0.132. The number of anilines is 1. The number of carbonyl (C=O) groups is 2. The minimum atomic E-state index is -0.0420. The van der Waals surface area contributed by atoms with E-state index in [1.54, 1.807) is 7.11 Å². The van der Waals surface area contributed by atoms with Crippen LogP contribution in [0.15, 0.2) is 54.6 Å². The summed E-state index contributed by atoms with van der Waals surface area (Å²) in [7, 11) is 1.68. The average Bonchev–Trinajstić information content (AvgIpc) is 2.79. The molecule has 31 heavy (non-hydrogen) atoms. The summed E-state index contributed by atoms with van der Waals surface area (Å²) in [5.41, 5.74) is 2.14. The van der Waals surface area contributed by atoms with E-state index in [9.17, 15) is 9.59 Å². The molecule has 6 nitrogen and oxygen atoms in total. The first kappa shape index (κ1) is 22.7. The topological polar surface area (TPSA) is 61.9 Å². The highest BCUT2D eigenvalue weighted by molar-refractivity contribution is 5.80. The largest absolute Gasteiger partial charge is 0.495 e. The molecule has 2 amide bonds. The SMILES string of the molecule is COc1ccccc1N1CCN(C(=O)CC(C)CC(=O)NC(C)c2ccccc2)CC1. The Hall–Kier alpha value is -3.02. The first-order valence-electron chi connectivity index (χ1n) is 11.0. The quantitative estimate of drug-likeness (QED) is 0.704. The number of piperazine rings is 1. The molecule has 1 saturated heterocycles. The van der Waals surface area contributed by atoms with E-state index in [1.165, 1.54) is 0 Å². The molecule has 6 heteroatoms. The van der Waals surface area contributed by atoms with Crippen LogP contribution in [0.2, 0.25) is 0 Å². The van der Waals surface area contributed by atoms with Crippen LogP contribution in [-0.4, -0.2) is 50.0 Å². The van der Waals surface area contributed by atoms with Gasteiger partial charge in [0.25, 0.3) is 0 Å². The third-order valence-electron chi connectivity index (χ3n) is 5.79. The molecule has 0 aliphatic carbocycles. The fourth-order valence-corrected chi connectivity index (χ4v) is 4.03. The molecule has 1 N–H and O–H groups in total. The molecule has 3 rings (SSSR count). The molecule has 1 heterocycles. The molecule has 2 atom stereocenters. The molecular weight excluding hydrogens is 390 g/mol. The van der Waals surface area contributed by atoms with Crippen LogP contribution < -0.4 is 15.0 Å². The Labute approximate surface area is 185 Å². The van der Waals surface area contributed by atoms with Crippen molar-refractivity contribution in [1.29, 1.82) is 0 Å². The molecule has 0 aromatic heterocycles. The summed E-state index contributed by atoms with van der Waals surface area (Å²) < 4.78 is 5.46. The third-order valence-corrected chi connectivity index (χ3v) is 5.79. The van der Waals surface area contributed by atoms with E-state index < -0.39 is 0 Å². The Bertz CT molecular complexity index is 863. The smallest absolute Gasteiger partial charge is 0.222 e. The highest BCUT2D eigenvalue weighted by Gasteiger charge is 2.24. The van der Waals surface area contributed by atoms with E-state index in [-0.39, 0.29) is 23.8 Å². The molecule has 0 radical (unpaired) electrons. The van der Waals surface area contributed by atoms with E-state index in [2.05, 4.69) is 10.2 Å². The van der Waals surface area contributed by atoms with Gasteiger partial charge in [0.1, 0.15) is 5.75 Å². The van der Waals surface area contributed by atoms with Crippen LogP contribution in [0.1, 0.15) is 38.3 Å². The van der Waals surface area contributed by atoms with Crippen LogP contribution in [-0.2, 0) is 9.59 Å². The van der Waals surface area contributed by atoms with E-state index >= 15 is 0 Å². The predicted octanol–water partition coefficient (Wildman–Crippen LogP) is 3.64. The number of ether oxygens (including phenoxy) is 1. The van der Waals surface area contributed by atoms with Crippen molar-refractivity contribution >= 4 is 17.5 Å². The number of nitrogens with zero attached hydrogens (tertiary/aromatic N) is 2. The Kier molecular flexibility index (Phi) is 7.93. The molecular formula is C25H33N3O3. The first-order valence-corrected chi connectivity index (χ1v) is 11.0. The summed E-state index contributed by atoms with van der Waals surface area (Å²) in [6.45, 7) is 6.85. The summed E-state index contributed by atoms with van der Waals surface area (Å²) in [5.74, 6) is 0.961. The molecule has 0 spiro atoms. The minimum Gasteiger partial charge on any atom is -0.495 e. The van der Waals surface area contributed by atoms with Crippen molar-refractivity contribution in [2.24, 2.45) is 5.92 Å². The van der Waals surface area contributed by atoms with Crippen molar-refractivity contribution in [3.05, 3.63) is 60.2 Å². The van der Waals surface area contributed by atoms with Gasteiger partial charge < -0.3 is 19.9 Å². The van der Waals surface area contributed by atoms with Crippen molar-refractivity contribution in [1.82, 2.24) is 10.2 Å². The Morgan fingerprint density at radius 1 is 0.935 bits per heavy atom. The van der Waals surface area contributed by atoms with Crippen LogP contribution in [0.5, 0.6) is 5.75 Å². The number of benzene rings is 2. The molecule has 0 saturated carbocycles. The molecule has 0 bridgehead atoms. The lowest BCUT2D eigenvalue weighted by Crippen LogP contribution is -2.49. The van der Waals surface area contributed by atoms with E-state index in [0.717, 1.165) is 30.1 Å². The van der Waals surface area contributed by atoms with E-state index in [1.807, 2.05) is 73.3 Å². The summed E-state index contributed by atoms with van der Waals surface area (Å²) in [6, 6.07) is 17.8. The predicted molar refractivity (Wildman–Crippen MR) is 123 cm³/mol. The fraction of sp³-hybridized carbons (Fsp3) is 0.440. The van der Waals surface area contributed by atoms with Crippen molar-refractivity contribution in [2.75, 3.05) is 38.2 Å². The number of methoxy groups -OCH3 is 1. The molecule has 2 unspecified atom stereocenters. The zero-order valence-electron chi connectivity index (χ0n) is 18.7. The molecule has 166 valence electrons. The van der Waals surface area contributed by atoms with Crippen LogP contribution in [0.3, 0.4) is 0 Å². The number of hydrogen-bond donors (Lipinski definition) is 1.